The predicted octanol–water partition coefficient (Wildman–Crippen LogP) is 3.73. The summed E-state index contributed by atoms with van der Waals surface area (Å²) in [5.41, 5.74) is 4.69. The molecule has 0 aromatic heterocycles. The Morgan fingerprint density at radius 2 is 1.79 bits per heavy atom. The summed E-state index contributed by atoms with van der Waals surface area (Å²) >= 11 is 5.36. The number of ether oxygens (including phenoxy) is 1. The lowest BCUT2D eigenvalue weighted by atomic mass is 10.1. The maximum Gasteiger partial charge on any atom is 0.170 e. The van der Waals surface area contributed by atoms with Crippen LogP contribution in [0.15, 0.2) is 42.5 Å². The number of aryl methyl sites for hydroxylation is 2. The number of benzene rings is 2. The highest BCUT2D eigenvalue weighted by molar-refractivity contribution is 7.80. The van der Waals surface area contributed by atoms with Gasteiger partial charge in [-0.2, -0.15) is 0 Å². The SMILES string of the molecule is COc1ccc(N(C)CCNC(=S)Nc2ccc(C)c(C)c2)cc1. The first-order valence-corrected chi connectivity index (χ1v) is 8.37. The topological polar surface area (TPSA) is 36.5 Å². The molecule has 24 heavy (non-hydrogen) atoms. The van der Waals surface area contributed by atoms with E-state index in [0.717, 1.165) is 30.2 Å². The van der Waals surface area contributed by atoms with Crippen molar-refractivity contribution in [2.45, 2.75) is 13.8 Å². The summed E-state index contributed by atoms with van der Waals surface area (Å²) in [6.07, 6.45) is 0. The summed E-state index contributed by atoms with van der Waals surface area (Å²) in [5.74, 6) is 0.865. The van der Waals surface area contributed by atoms with Crippen LogP contribution in [0.1, 0.15) is 11.1 Å². The van der Waals surface area contributed by atoms with E-state index in [9.17, 15) is 0 Å². The molecular formula is C19H25N3OS. The van der Waals surface area contributed by atoms with E-state index >= 15 is 0 Å². The highest BCUT2D eigenvalue weighted by Gasteiger charge is 2.03. The molecule has 0 radical (unpaired) electrons. The van der Waals surface area contributed by atoms with E-state index in [1.165, 1.54) is 11.1 Å². The molecule has 0 saturated carbocycles. The van der Waals surface area contributed by atoms with Crippen LogP contribution in [-0.4, -0.2) is 32.4 Å². The molecule has 0 atom stereocenters. The van der Waals surface area contributed by atoms with Crippen LogP contribution >= 0.6 is 12.2 Å². The Morgan fingerprint density at radius 3 is 2.42 bits per heavy atom. The number of hydrogen-bond acceptors (Lipinski definition) is 3. The third kappa shape index (κ3) is 5.13. The molecule has 0 aliphatic heterocycles. The summed E-state index contributed by atoms with van der Waals surface area (Å²) in [4.78, 5) is 2.17. The third-order valence-electron chi connectivity index (χ3n) is 4.01. The fourth-order valence-corrected chi connectivity index (χ4v) is 2.52. The van der Waals surface area contributed by atoms with Gasteiger partial charge in [0.05, 0.1) is 7.11 Å². The third-order valence-corrected chi connectivity index (χ3v) is 4.26. The van der Waals surface area contributed by atoms with Crippen molar-refractivity contribution >= 4 is 28.7 Å². The molecule has 0 spiro atoms. The van der Waals surface area contributed by atoms with Crippen LogP contribution in [0.3, 0.4) is 0 Å². The Balaban J connectivity index is 1.77. The summed E-state index contributed by atoms with van der Waals surface area (Å²) in [6.45, 7) is 5.81. The molecule has 2 N–H and O–H groups in total. The number of nitrogens with zero attached hydrogens (tertiary/aromatic N) is 1. The van der Waals surface area contributed by atoms with Crippen molar-refractivity contribution in [3.05, 3.63) is 53.6 Å². The fraction of sp³-hybridized carbons (Fsp3) is 0.316. The van der Waals surface area contributed by atoms with Gasteiger partial charge in [0.15, 0.2) is 5.11 Å². The van der Waals surface area contributed by atoms with E-state index in [4.69, 9.17) is 17.0 Å². The molecule has 2 rings (SSSR count). The van der Waals surface area contributed by atoms with Crippen LogP contribution in [0, 0.1) is 13.8 Å². The predicted molar refractivity (Wildman–Crippen MR) is 106 cm³/mol. The van der Waals surface area contributed by atoms with Crippen molar-refractivity contribution < 1.29 is 4.74 Å². The van der Waals surface area contributed by atoms with Gasteiger partial charge in [-0.05, 0) is 73.6 Å². The van der Waals surface area contributed by atoms with Crippen LogP contribution in [0.5, 0.6) is 5.75 Å². The number of hydrogen-bond donors (Lipinski definition) is 2. The smallest absolute Gasteiger partial charge is 0.170 e. The van der Waals surface area contributed by atoms with Crippen molar-refractivity contribution in [3.8, 4) is 5.75 Å². The zero-order valence-corrected chi connectivity index (χ0v) is 15.5. The quantitative estimate of drug-likeness (QED) is 0.782. The van der Waals surface area contributed by atoms with E-state index in [1.54, 1.807) is 7.11 Å². The maximum atomic E-state index is 5.36. The van der Waals surface area contributed by atoms with Gasteiger partial charge in [-0.25, -0.2) is 0 Å². The van der Waals surface area contributed by atoms with Gasteiger partial charge in [-0.1, -0.05) is 6.07 Å². The normalized spacial score (nSPS) is 10.2. The zero-order valence-electron chi connectivity index (χ0n) is 14.7. The van der Waals surface area contributed by atoms with Crippen molar-refractivity contribution in [3.63, 3.8) is 0 Å². The van der Waals surface area contributed by atoms with Crippen molar-refractivity contribution in [1.29, 1.82) is 0 Å². The molecule has 2 aromatic rings. The van der Waals surface area contributed by atoms with Crippen molar-refractivity contribution in [2.75, 3.05) is 37.5 Å². The Morgan fingerprint density at radius 1 is 1.08 bits per heavy atom. The lowest BCUT2D eigenvalue weighted by Crippen LogP contribution is -2.35. The van der Waals surface area contributed by atoms with Gasteiger partial charge in [0.25, 0.3) is 0 Å². The van der Waals surface area contributed by atoms with Gasteiger partial charge in [0.2, 0.25) is 0 Å². The summed E-state index contributed by atoms with van der Waals surface area (Å²) in [6, 6.07) is 14.3. The molecule has 0 unspecified atom stereocenters. The lowest BCUT2D eigenvalue weighted by Gasteiger charge is -2.20. The van der Waals surface area contributed by atoms with Gasteiger partial charge in [0.1, 0.15) is 5.75 Å². The van der Waals surface area contributed by atoms with Crippen molar-refractivity contribution in [1.82, 2.24) is 5.32 Å². The van der Waals surface area contributed by atoms with Gasteiger partial charge < -0.3 is 20.3 Å². The molecule has 4 nitrogen and oxygen atoms in total. The second kappa shape index (κ2) is 8.55. The van der Waals surface area contributed by atoms with Gasteiger partial charge in [-0.3, -0.25) is 0 Å². The number of thiocarbonyl (C=S) groups is 1. The van der Waals surface area contributed by atoms with Gasteiger partial charge >= 0.3 is 0 Å². The van der Waals surface area contributed by atoms with E-state index < -0.39 is 0 Å². The number of anilines is 2. The second-order valence-electron chi connectivity index (χ2n) is 5.80. The molecule has 0 heterocycles. The molecule has 0 amide bonds. The van der Waals surface area contributed by atoms with Crippen LogP contribution in [-0.2, 0) is 0 Å². The van der Waals surface area contributed by atoms with Crippen LogP contribution in [0.25, 0.3) is 0 Å². The lowest BCUT2D eigenvalue weighted by molar-refractivity contribution is 0.415. The molecule has 0 aliphatic carbocycles. The highest BCUT2D eigenvalue weighted by atomic mass is 32.1. The molecule has 0 fully saturated rings. The average Bonchev–Trinajstić information content (AvgIpc) is 2.58. The summed E-state index contributed by atoms with van der Waals surface area (Å²) in [7, 11) is 3.73. The standard InChI is InChI=1S/C19H25N3OS/c1-14-5-6-16(13-15(14)2)21-19(24)20-11-12-22(3)17-7-9-18(23-4)10-8-17/h5-10,13H,11-12H2,1-4H3,(H2,20,21,24). The molecule has 0 bridgehead atoms. The molecule has 0 aliphatic rings. The fourth-order valence-electron chi connectivity index (χ4n) is 2.30. The van der Waals surface area contributed by atoms with Gasteiger partial charge in [-0.15, -0.1) is 0 Å². The van der Waals surface area contributed by atoms with Crippen LogP contribution in [0.2, 0.25) is 0 Å². The van der Waals surface area contributed by atoms with E-state index in [2.05, 4.69) is 48.6 Å². The second-order valence-corrected chi connectivity index (χ2v) is 6.21. The summed E-state index contributed by atoms with van der Waals surface area (Å²) < 4.78 is 5.18. The minimum atomic E-state index is 0.640. The van der Waals surface area contributed by atoms with Crippen molar-refractivity contribution in [2.24, 2.45) is 0 Å². The van der Waals surface area contributed by atoms with E-state index in [1.807, 2.05) is 30.3 Å². The Kier molecular flexibility index (Phi) is 6.44. The molecule has 2 aromatic carbocycles. The molecular weight excluding hydrogens is 318 g/mol. The minimum Gasteiger partial charge on any atom is -0.497 e. The first kappa shape index (κ1) is 18.1. The Labute approximate surface area is 149 Å². The Bertz CT molecular complexity index is 686. The average molecular weight is 343 g/mol. The minimum absolute atomic E-state index is 0.640. The number of rotatable bonds is 6. The van der Waals surface area contributed by atoms with E-state index in [0.29, 0.717) is 5.11 Å². The largest absolute Gasteiger partial charge is 0.497 e. The van der Waals surface area contributed by atoms with Gasteiger partial charge in [0, 0.05) is 31.5 Å². The monoisotopic (exact) mass is 343 g/mol. The molecule has 0 saturated heterocycles. The first-order valence-electron chi connectivity index (χ1n) is 7.97. The van der Waals surface area contributed by atoms with E-state index in [-0.39, 0.29) is 0 Å². The maximum absolute atomic E-state index is 5.36. The Hall–Kier alpha value is -2.27. The zero-order chi connectivity index (χ0) is 17.5. The molecule has 128 valence electrons. The number of methoxy groups -OCH3 is 1. The highest BCUT2D eigenvalue weighted by Crippen LogP contribution is 2.17. The van der Waals surface area contributed by atoms with Crippen LogP contribution < -0.4 is 20.3 Å². The number of likely N-dealkylation sites (N-methyl/N-ethyl adjacent to an activating group) is 1. The summed E-state index contributed by atoms with van der Waals surface area (Å²) in [5, 5.41) is 7.11. The molecule has 5 heteroatoms. The first-order chi connectivity index (χ1) is 11.5. The number of nitrogens with one attached hydrogen (secondary N) is 2. The van der Waals surface area contributed by atoms with Crippen LogP contribution in [0.4, 0.5) is 11.4 Å².